The number of nitrogens with one attached hydrogen (secondary N) is 4. The number of fused-ring (bicyclic) bond motifs is 2. The first-order valence-corrected chi connectivity index (χ1v) is 27.2. The largest absolute Gasteiger partial charge is 0.495 e. The van der Waals surface area contributed by atoms with E-state index in [0.717, 1.165) is 28.7 Å². The lowest BCUT2D eigenvalue weighted by Gasteiger charge is -2.34. The molecule has 17 nitrogen and oxygen atoms in total. The van der Waals surface area contributed by atoms with Crippen LogP contribution in [0, 0.1) is 0 Å². The molecule has 6 aromatic rings. The number of para-hydroxylation sites is 2. The van der Waals surface area contributed by atoms with Gasteiger partial charge in [-0.1, -0.05) is 66.5 Å². The van der Waals surface area contributed by atoms with Gasteiger partial charge in [0.2, 0.25) is 11.9 Å². The molecule has 0 spiro atoms. The van der Waals surface area contributed by atoms with E-state index in [1.54, 1.807) is 90.4 Å². The first-order chi connectivity index (χ1) is 34.4. The Balaban J connectivity index is 0.000000214. The first-order valence-electron chi connectivity index (χ1n) is 23.4. The number of aryl methyl sites for hydroxylation is 2. The molecule has 0 radical (unpaired) electrons. The highest BCUT2D eigenvalue weighted by Crippen LogP contribution is 2.43. The van der Waals surface area contributed by atoms with E-state index in [0.29, 0.717) is 59.2 Å². The van der Waals surface area contributed by atoms with E-state index in [-0.39, 0.29) is 49.2 Å². The number of hydrogen-bond donors (Lipinski definition) is 5. The molecule has 0 amide bonds. The summed E-state index contributed by atoms with van der Waals surface area (Å²) in [6.07, 6.45) is 5.42. The molecule has 2 aliphatic carbocycles. The Morgan fingerprint density at radius 3 is 1.42 bits per heavy atom. The number of ketones is 1. The molecule has 5 N–H and O–H groups in total. The quantitative estimate of drug-likeness (QED) is 0.0504. The second kappa shape index (κ2) is 21.5. The zero-order chi connectivity index (χ0) is 53.2. The lowest BCUT2D eigenvalue weighted by atomic mass is 9.71. The second-order valence-electron chi connectivity index (χ2n) is 19.1. The lowest BCUT2D eigenvalue weighted by Crippen LogP contribution is -2.34. The zero-order valence-electron chi connectivity index (χ0n) is 42.2. The SMILES string of the molecule is COc1cc2c(cc1Nc1ncc(Cl)c(Nc3ccccc3S(=O)(=O)C(C)C)n1)C(C)(C)/C(=N/O)CC2.COc1cc2c(cc1Nc1ncc(Cl)c(Nc3ccccc3S(=O)(=O)C(C)C)n1)C(C)(C)C(=O)CC2. The van der Waals surface area contributed by atoms with Crippen molar-refractivity contribution >= 4 is 101 Å². The molecule has 21 heteroatoms. The van der Waals surface area contributed by atoms with Gasteiger partial charge in [0.1, 0.15) is 27.3 Å². The van der Waals surface area contributed by atoms with E-state index >= 15 is 0 Å². The third-order valence-corrected chi connectivity index (χ3v) is 18.1. The van der Waals surface area contributed by atoms with Gasteiger partial charge >= 0.3 is 0 Å². The van der Waals surface area contributed by atoms with Crippen LogP contribution in [0.3, 0.4) is 0 Å². The van der Waals surface area contributed by atoms with Gasteiger partial charge in [-0.05, 0) is 132 Å². The molecular formula is C52H59Cl2N9O8S2. The number of oxime groups is 1. The van der Waals surface area contributed by atoms with Crippen LogP contribution in [0.2, 0.25) is 10.0 Å². The van der Waals surface area contributed by atoms with Gasteiger partial charge in [-0.15, -0.1) is 0 Å². The van der Waals surface area contributed by atoms with Gasteiger partial charge in [-0.3, -0.25) is 4.79 Å². The number of benzene rings is 4. The third kappa shape index (κ3) is 11.2. The van der Waals surface area contributed by atoms with Crippen LogP contribution >= 0.6 is 23.2 Å². The molecule has 0 atom stereocenters. The molecule has 4 aromatic carbocycles. The van der Waals surface area contributed by atoms with Crippen LogP contribution in [0.15, 0.2) is 100 Å². The van der Waals surface area contributed by atoms with E-state index < -0.39 is 41.0 Å². The van der Waals surface area contributed by atoms with E-state index in [4.69, 9.17) is 32.7 Å². The molecule has 0 saturated heterocycles. The summed E-state index contributed by atoms with van der Waals surface area (Å²) in [5.74, 6) is 2.35. The number of rotatable bonds is 14. The van der Waals surface area contributed by atoms with Crippen molar-refractivity contribution in [2.45, 2.75) is 112 Å². The van der Waals surface area contributed by atoms with Crippen molar-refractivity contribution in [2.75, 3.05) is 35.5 Å². The normalized spacial score (nSPS) is 15.4. The van der Waals surface area contributed by atoms with E-state index in [2.05, 4.69) is 46.4 Å². The minimum Gasteiger partial charge on any atom is -0.495 e. The van der Waals surface area contributed by atoms with Crippen molar-refractivity contribution in [1.82, 2.24) is 19.9 Å². The predicted octanol–water partition coefficient (Wildman–Crippen LogP) is 11.5. The number of halogens is 2. The van der Waals surface area contributed by atoms with Crippen LogP contribution < -0.4 is 30.7 Å². The van der Waals surface area contributed by atoms with Gasteiger partial charge in [0, 0.05) is 17.3 Å². The summed E-state index contributed by atoms with van der Waals surface area (Å²) >= 11 is 12.7. The maximum atomic E-state index is 12.9. The number of hydrogen-bond acceptors (Lipinski definition) is 17. The number of sulfone groups is 2. The fourth-order valence-electron chi connectivity index (χ4n) is 8.63. The van der Waals surface area contributed by atoms with Crippen molar-refractivity contribution in [3.63, 3.8) is 0 Å². The Bertz CT molecular complexity index is 3350. The Labute approximate surface area is 436 Å². The number of carbonyl (C=O) groups excluding carboxylic acids is 1. The summed E-state index contributed by atoms with van der Waals surface area (Å²) in [4.78, 5) is 30.4. The highest BCUT2D eigenvalue weighted by Gasteiger charge is 2.37. The topological polar surface area (TPSA) is 236 Å². The molecule has 386 valence electrons. The number of ether oxygens (including phenoxy) is 2. The molecular weight excluding hydrogens is 1010 g/mol. The van der Waals surface area contributed by atoms with Crippen molar-refractivity contribution in [3.8, 4) is 11.5 Å². The summed E-state index contributed by atoms with van der Waals surface area (Å²) in [5, 5.41) is 24.8. The first kappa shape index (κ1) is 54.2. The molecule has 0 saturated carbocycles. The van der Waals surface area contributed by atoms with Crippen LogP contribution in [0.5, 0.6) is 11.5 Å². The van der Waals surface area contributed by atoms with Gasteiger partial charge in [0.15, 0.2) is 31.3 Å². The molecule has 0 bridgehead atoms. The second-order valence-corrected chi connectivity index (χ2v) is 24.9. The third-order valence-electron chi connectivity index (χ3n) is 13.1. The number of methoxy groups -OCH3 is 2. The van der Waals surface area contributed by atoms with Crippen molar-refractivity contribution < 1.29 is 36.3 Å². The van der Waals surface area contributed by atoms with Crippen LogP contribution in [-0.4, -0.2) is 78.2 Å². The molecule has 0 aliphatic heterocycles. The number of anilines is 8. The standard InChI is InChI=1S/C26H30ClN5O4S.C26H29ClN4O4S/c1-15(2)37(34,35)22-9-7-6-8-19(22)29-24-18(27)14-28-25(31-24)30-20-13-17-16(12-21(20)36-5)10-11-23(32-33)26(17,3)4;1-15(2)36(33,34)22-9-7-6-8-19(22)29-24-18(27)14-28-25(31-24)30-20-13-17-16(12-21(20)35-5)10-11-23(32)26(17,3)4/h6-9,12-15,33H,10-11H2,1-5H3,(H2,28,29,30,31);6-9,12-15H,10-11H2,1-5H3,(H2,28,29,30,31)/b32-23+;. The van der Waals surface area contributed by atoms with Crippen LogP contribution in [0.4, 0.5) is 46.3 Å². The summed E-state index contributed by atoms with van der Waals surface area (Å²) in [5.41, 5.74) is 5.72. The number of nitrogens with zero attached hydrogens (tertiary/aromatic N) is 5. The molecule has 2 heterocycles. The maximum Gasteiger partial charge on any atom is 0.229 e. The minimum absolute atomic E-state index is 0.160. The van der Waals surface area contributed by atoms with Gasteiger partial charge in [-0.2, -0.15) is 9.97 Å². The summed E-state index contributed by atoms with van der Waals surface area (Å²) in [7, 11) is -3.92. The minimum atomic E-state index is -3.54. The van der Waals surface area contributed by atoms with Crippen LogP contribution in [0.25, 0.3) is 0 Å². The Morgan fingerprint density at radius 1 is 0.603 bits per heavy atom. The van der Waals surface area contributed by atoms with Gasteiger partial charge in [-0.25, -0.2) is 26.8 Å². The average molecular weight is 1070 g/mol. The number of carbonyl (C=O) groups is 1. The zero-order valence-corrected chi connectivity index (χ0v) is 45.3. The highest BCUT2D eigenvalue weighted by atomic mass is 35.5. The molecule has 0 fully saturated rings. The monoisotopic (exact) mass is 1070 g/mol. The maximum absolute atomic E-state index is 12.9. The summed E-state index contributed by atoms with van der Waals surface area (Å²) in [6.45, 7) is 14.4. The summed E-state index contributed by atoms with van der Waals surface area (Å²) in [6, 6.07) is 21.0. The van der Waals surface area contributed by atoms with E-state index in [9.17, 15) is 26.8 Å². The highest BCUT2D eigenvalue weighted by molar-refractivity contribution is 7.92. The Morgan fingerprint density at radius 2 is 1.01 bits per heavy atom. The van der Waals surface area contributed by atoms with Gasteiger partial charge < -0.3 is 35.9 Å². The molecule has 2 aliphatic rings. The van der Waals surface area contributed by atoms with Gasteiger partial charge in [0.25, 0.3) is 0 Å². The van der Waals surface area contributed by atoms with E-state index in [1.165, 1.54) is 12.4 Å². The van der Waals surface area contributed by atoms with E-state index in [1.807, 2.05) is 52.0 Å². The molecule has 2 aromatic heterocycles. The van der Waals surface area contributed by atoms with Crippen molar-refractivity contribution in [2.24, 2.45) is 5.16 Å². The van der Waals surface area contributed by atoms with Crippen LogP contribution in [-0.2, 0) is 48.1 Å². The fourth-order valence-corrected chi connectivity index (χ4v) is 11.3. The number of aromatic nitrogens is 4. The molecule has 73 heavy (non-hydrogen) atoms. The van der Waals surface area contributed by atoms with Crippen molar-refractivity contribution in [3.05, 3.63) is 117 Å². The van der Waals surface area contributed by atoms with Crippen molar-refractivity contribution in [1.29, 1.82) is 0 Å². The Kier molecular flexibility index (Phi) is 16.0. The fraction of sp³-hybridized carbons (Fsp3) is 0.346. The van der Waals surface area contributed by atoms with Crippen LogP contribution in [0.1, 0.15) is 90.5 Å². The average Bonchev–Trinajstić information content (AvgIpc) is 3.35. The Hall–Kier alpha value is -6.54. The summed E-state index contributed by atoms with van der Waals surface area (Å²) < 4.78 is 62.6. The molecule has 0 unspecified atom stereocenters. The molecule has 8 rings (SSSR count). The lowest BCUT2D eigenvalue weighted by molar-refractivity contribution is -0.124. The smallest absolute Gasteiger partial charge is 0.229 e. The number of Topliss-reactive ketones (excluding diaryl/α,β-unsaturated/α-hetero) is 1. The van der Waals surface area contributed by atoms with Gasteiger partial charge in [0.05, 0.1) is 75.4 Å². The predicted molar refractivity (Wildman–Crippen MR) is 288 cm³/mol.